The maximum absolute atomic E-state index is 3.80. The molecule has 116 valence electrons. The molecule has 0 aliphatic carbocycles. The van der Waals surface area contributed by atoms with Crippen LogP contribution < -0.4 is 0 Å². The van der Waals surface area contributed by atoms with Gasteiger partial charge in [-0.2, -0.15) is 0 Å². The van der Waals surface area contributed by atoms with Crippen molar-refractivity contribution in [2.75, 3.05) is 26.3 Å². The van der Waals surface area contributed by atoms with Crippen LogP contribution in [0.2, 0.25) is 0 Å². The Kier molecular flexibility index (Phi) is 19.2. The van der Waals surface area contributed by atoms with E-state index in [1.807, 2.05) is 20.0 Å². The predicted octanol–water partition coefficient (Wildman–Crippen LogP) is 5.12. The lowest BCUT2D eigenvalue weighted by Crippen LogP contribution is -2.23. The fourth-order valence-electron chi connectivity index (χ4n) is 1.94. The summed E-state index contributed by atoms with van der Waals surface area (Å²) in [4.78, 5) is 4.81. The van der Waals surface area contributed by atoms with Crippen LogP contribution in [0.3, 0.4) is 0 Å². The van der Waals surface area contributed by atoms with Gasteiger partial charge in [-0.15, -0.1) is 0 Å². The third-order valence-electron chi connectivity index (χ3n) is 2.92. The van der Waals surface area contributed by atoms with Crippen LogP contribution in [0.1, 0.15) is 73.1 Å². The first-order chi connectivity index (χ1) is 9.28. The lowest BCUT2D eigenvalue weighted by molar-refractivity contribution is 0.283. The molecule has 1 fully saturated rings. The van der Waals surface area contributed by atoms with E-state index >= 15 is 0 Å². The average Bonchev–Trinajstić information content (AvgIpc) is 2.90. The van der Waals surface area contributed by atoms with E-state index < -0.39 is 0 Å². The van der Waals surface area contributed by atoms with E-state index in [0.717, 1.165) is 6.67 Å². The first-order valence-corrected chi connectivity index (χ1v) is 8.37. The molecule has 0 spiro atoms. The van der Waals surface area contributed by atoms with Crippen molar-refractivity contribution in [3.05, 3.63) is 12.8 Å². The van der Waals surface area contributed by atoms with E-state index in [-0.39, 0.29) is 0 Å². The fraction of sp³-hybridized carbons (Fsp3) is 0.882. The van der Waals surface area contributed by atoms with E-state index in [9.17, 15) is 0 Å². The van der Waals surface area contributed by atoms with Gasteiger partial charge in [0.25, 0.3) is 0 Å². The molecule has 2 heteroatoms. The molecule has 0 amide bonds. The van der Waals surface area contributed by atoms with Crippen molar-refractivity contribution in [2.45, 2.75) is 73.1 Å². The molecular formula is C17H38N2. The van der Waals surface area contributed by atoms with Crippen molar-refractivity contribution in [3.8, 4) is 0 Å². The second-order valence-corrected chi connectivity index (χ2v) is 4.88. The molecule has 0 N–H and O–H groups in total. The molecule has 19 heavy (non-hydrogen) atoms. The van der Waals surface area contributed by atoms with Crippen LogP contribution in [0, 0.1) is 0 Å². The molecule has 1 heterocycles. The van der Waals surface area contributed by atoms with Gasteiger partial charge in [0.2, 0.25) is 0 Å². The summed E-state index contributed by atoms with van der Waals surface area (Å²) in [5.74, 6) is 0. The molecule has 1 aliphatic rings. The first-order valence-electron chi connectivity index (χ1n) is 8.37. The van der Waals surface area contributed by atoms with Gasteiger partial charge in [-0.25, -0.2) is 0 Å². The van der Waals surface area contributed by atoms with Crippen LogP contribution in [0.4, 0.5) is 0 Å². The highest BCUT2D eigenvalue weighted by Crippen LogP contribution is 2.08. The molecule has 2 nitrogen and oxygen atoms in total. The third kappa shape index (κ3) is 13.7. The summed E-state index contributed by atoms with van der Waals surface area (Å²) in [7, 11) is 0. The van der Waals surface area contributed by atoms with Crippen LogP contribution in [-0.4, -0.2) is 36.1 Å². The Morgan fingerprint density at radius 2 is 1.53 bits per heavy atom. The Morgan fingerprint density at radius 3 is 2.00 bits per heavy atom. The van der Waals surface area contributed by atoms with Crippen molar-refractivity contribution < 1.29 is 0 Å². The van der Waals surface area contributed by atoms with Gasteiger partial charge < -0.3 is 4.90 Å². The molecular weight excluding hydrogens is 232 g/mol. The smallest absolute Gasteiger partial charge is 0.0702 e. The Morgan fingerprint density at radius 1 is 0.947 bits per heavy atom. The van der Waals surface area contributed by atoms with E-state index in [2.05, 4.69) is 37.1 Å². The SMILES string of the molecule is C=CN1CCN(CCCCCCC)C1.CC.CCC. The van der Waals surface area contributed by atoms with Gasteiger partial charge in [0.05, 0.1) is 6.67 Å². The summed E-state index contributed by atoms with van der Waals surface area (Å²) in [6.07, 6.45) is 10.1. The molecule has 0 aromatic heterocycles. The average molecular weight is 271 g/mol. The first kappa shape index (κ1) is 20.8. The Labute approximate surface area is 122 Å². The monoisotopic (exact) mass is 270 g/mol. The highest BCUT2D eigenvalue weighted by molar-refractivity contribution is 4.78. The number of rotatable bonds is 7. The van der Waals surface area contributed by atoms with Crippen molar-refractivity contribution in [2.24, 2.45) is 0 Å². The Bertz CT molecular complexity index is 169. The highest BCUT2D eigenvalue weighted by Gasteiger charge is 2.15. The normalized spacial score (nSPS) is 14.3. The quantitative estimate of drug-likeness (QED) is 0.593. The molecule has 1 rings (SSSR count). The van der Waals surface area contributed by atoms with Crippen LogP contribution >= 0.6 is 0 Å². The lowest BCUT2D eigenvalue weighted by atomic mass is 10.1. The van der Waals surface area contributed by atoms with E-state index in [0.29, 0.717) is 0 Å². The zero-order valence-corrected chi connectivity index (χ0v) is 14.2. The molecule has 0 radical (unpaired) electrons. The van der Waals surface area contributed by atoms with Crippen molar-refractivity contribution in [1.29, 1.82) is 0 Å². The van der Waals surface area contributed by atoms with Gasteiger partial charge in [0.15, 0.2) is 0 Å². The van der Waals surface area contributed by atoms with Crippen LogP contribution in [0.25, 0.3) is 0 Å². The summed E-state index contributed by atoms with van der Waals surface area (Å²) in [6, 6.07) is 0. The van der Waals surface area contributed by atoms with Crippen LogP contribution in [0.5, 0.6) is 0 Å². The Balaban J connectivity index is 0. The predicted molar refractivity (Wildman–Crippen MR) is 89.4 cm³/mol. The number of hydrogen-bond donors (Lipinski definition) is 0. The molecule has 0 unspecified atom stereocenters. The second kappa shape index (κ2) is 17.5. The molecule has 0 aromatic carbocycles. The molecule has 0 aromatic rings. The molecule has 0 bridgehead atoms. The highest BCUT2D eigenvalue weighted by atomic mass is 15.4. The standard InChI is InChI=1S/C12H24N2.C3H8.C2H6/c1-3-5-6-7-8-9-14-11-10-13(4-2)12-14;1-3-2;1-2/h4H,2-3,5-12H2,1H3;3H2,1-2H3;1-2H3. The van der Waals surface area contributed by atoms with Gasteiger partial charge in [-0.05, 0) is 19.2 Å². The summed E-state index contributed by atoms with van der Waals surface area (Å²) < 4.78 is 0. The molecule has 1 aliphatic heterocycles. The fourth-order valence-corrected chi connectivity index (χ4v) is 1.94. The summed E-state index contributed by atoms with van der Waals surface area (Å²) in [6.45, 7) is 19.1. The number of unbranched alkanes of at least 4 members (excludes halogenated alkanes) is 4. The van der Waals surface area contributed by atoms with Crippen LogP contribution in [-0.2, 0) is 0 Å². The molecule has 1 saturated heterocycles. The molecule has 0 atom stereocenters. The molecule has 0 saturated carbocycles. The van der Waals surface area contributed by atoms with E-state index in [1.54, 1.807) is 0 Å². The second-order valence-electron chi connectivity index (χ2n) is 4.88. The zero-order chi connectivity index (χ0) is 14.9. The maximum atomic E-state index is 3.80. The number of hydrogen-bond acceptors (Lipinski definition) is 2. The van der Waals surface area contributed by atoms with Crippen molar-refractivity contribution in [1.82, 2.24) is 9.80 Å². The van der Waals surface area contributed by atoms with E-state index in [4.69, 9.17) is 0 Å². The summed E-state index contributed by atoms with van der Waals surface area (Å²) >= 11 is 0. The van der Waals surface area contributed by atoms with Gasteiger partial charge in [-0.3, -0.25) is 4.90 Å². The topological polar surface area (TPSA) is 6.48 Å². The Hall–Kier alpha value is -0.500. The maximum Gasteiger partial charge on any atom is 0.0702 e. The lowest BCUT2D eigenvalue weighted by Gasteiger charge is -2.15. The van der Waals surface area contributed by atoms with Gasteiger partial charge in [0.1, 0.15) is 0 Å². The number of nitrogens with zero attached hydrogens (tertiary/aromatic N) is 2. The summed E-state index contributed by atoms with van der Waals surface area (Å²) in [5, 5.41) is 0. The minimum Gasteiger partial charge on any atom is -0.364 e. The minimum atomic E-state index is 1.09. The zero-order valence-electron chi connectivity index (χ0n) is 14.2. The van der Waals surface area contributed by atoms with Crippen LogP contribution in [0.15, 0.2) is 12.8 Å². The largest absolute Gasteiger partial charge is 0.364 e. The van der Waals surface area contributed by atoms with Crippen molar-refractivity contribution >= 4 is 0 Å². The third-order valence-corrected chi connectivity index (χ3v) is 2.92. The van der Waals surface area contributed by atoms with Crippen molar-refractivity contribution in [3.63, 3.8) is 0 Å². The van der Waals surface area contributed by atoms with Gasteiger partial charge in [-0.1, -0.05) is 73.3 Å². The summed E-state index contributed by atoms with van der Waals surface area (Å²) in [5.41, 5.74) is 0. The van der Waals surface area contributed by atoms with E-state index in [1.165, 1.54) is 58.2 Å². The minimum absolute atomic E-state index is 1.09. The van der Waals surface area contributed by atoms with Gasteiger partial charge >= 0.3 is 0 Å². The van der Waals surface area contributed by atoms with Gasteiger partial charge in [0, 0.05) is 13.1 Å².